The number of halogens is 2. The van der Waals surface area contributed by atoms with Gasteiger partial charge in [-0.05, 0) is 30.6 Å². The molecule has 1 aliphatic carbocycles. The maximum absolute atomic E-state index is 10.4. The van der Waals surface area contributed by atoms with Crippen molar-refractivity contribution in [3.63, 3.8) is 0 Å². The third kappa shape index (κ3) is 11.7. The average molecular weight is 346 g/mol. The number of amides is 2. The number of carbonyl (C=O) groups excluding carboxylic acids is 2. The van der Waals surface area contributed by atoms with Crippen molar-refractivity contribution < 1.29 is 56.1 Å². The monoisotopic (exact) mass is 345 g/mol. The molecule has 1 fully saturated rings. The first kappa shape index (κ1) is 27.6. The van der Waals surface area contributed by atoms with Crippen LogP contribution in [0.15, 0.2) is 0 Å². The van der Waals surface area contributed by atoms with Crippen LogP contribution in [-0.2, 0) is 31.3 Å². The fourth-order valence-electron chi connectivity index (χ4n) is 2.41. The summed E-state index contributed by atoms with van der Waals surface area (Å²) in [6.45, 7) is 6.79. The van der Waals surface area contributed by atoms with Crippen molar-refractivity contribution in [1.82, 2.24) is 5.32 Å². The summed E-state index contributed by atoms with van der Waals surface area (Å²) in [6, 6.07) is 0.409. The Morgan fingerprint density at radius 1 is 1.32 bits per heavy atom. The molecule has 1 saturated carbocycles. The molecule has 7 heteroatoms. The van der Waals surface area contributed by atoms with E-state index in [4.69, 9.17) is 10.5 Å². The molecule has 0 saturated heterocycles. The Labute approximate surface area is 143 Å². The molecule has 2 amide bonds. The Morgan fingerprint density at radius 2 is 1.79 bits per heavy atom. The second-order valence-corrected chi connectivity index (χ2v) is 5.08. The number of hydrogen-bond donors (Lipinski definition) is 1. The fraction of sp³-hybridized carbons (Fsp3) is 0.833. The van der Waals surface area contributed by atoms with Gasteiger partial charge in [0.1, 0.15) is 0 Å². The summed E-state index contributed by atoms with van der Waals surface area (Å²) in [5, 5.41) is 2.96. The molecule has 19 heavy (non-hydrogen) atoms. The molecule has 4 nitrogen and oxygen atoms in total. The zero-order valence-electron chi connectivity index (χ0n) is 11.7. The van der Waals surface area contributed by atoms with E-state index in [0.29, 0.717) is 17.4 Å². The van der Waals surface area contributed by atoms with Crippen LogP contribution in [0.2, 0.25) is 0 Å². The van der Waals surface area contributed by atoms with Crippen LogP contribution in [0.3, 0.4) is 0 Å². The molecule has 0 spiro atoms. The van der Waals surface area contributed by atoms with Crippen LogP contribution in [0.5, 0.6) is 0 Å². The van der Waals surface area contributed by atoms with Crippen LogP contribution < -0.4 is 30.1 Å². The molecule has 2 unspecified atom stereocenters. The Kier molecular flexibility index (Phi) is 21.2. The van der Waals surface area contributed by atoms with Gasteiger partial charge in [-0.25, -0.2) is 0 Å². The van der Waals surface area contributed by atoms with E-state index in [-0.39, 0.29) is 52.9 Å². The van der Waals surface area contributed by atoms with Crippen molar-refractivity contribution >= 4 is 12.8 Å². The first-order valence-electron chi connectivity index (χ1n) is 5.81. The molecule has 1 rings (SSSR count). The molecule has 1 radical (unpaired) electrons. The predicted octanol–water partition coefficient (Wildman–Crippen LogP) is -3.46. The summed E-state index contributed by atoms with van der Waals surface area (Å²) in [6.07, 6.45) is 5.72. The van der Waals surface area contributed by atoms with Gasteiger partial charge < -0.3 is 40.7 Å². The second kappa shape index (κ2) is 14.6. The van der Waals surface area contributed by atoms with Crippen molar-refractivity contribution in [2.45, 2.75) is 52.5 Å². The van der Waals surface area contributed by atoms with E-state index in [1.165, 1.54) is 19.3 Å². The Balaban J connectivity index is -0.000000172. The van der Waals surface area contributed by atoms with E-state index in [2.05, 4.69) is 26.1 Å². The normalized spacial score (nSPS) is 22.9. The quantitative estimate of drug-likeness (QED) is 0.426. The largest absolute Gasteiger partial charge is 3.00 e. The van der Waals surface area contributed by atoms with Gasteiger partial charge in [0.05, 0.1) is 0 Å². The number of nitrogens with one attached hydrogen (secondary N) is 2. The standard InChI is InChI=1S/C11H21NO.CH3NO.2ClH.Ti/c1-4-9-5-6-11(2,3)7-10(9)12-8-13;2-1-3;;;/h8-10H,4-7H2,1-3H3,(H,12,13);1H,(H2,2,3);2*1H;/q;;;;+3/p-3. The van der Waals surface area contributed by atoms with Crippen molar-refractivity contribution in [3.8, 4) is 0 Å². The molecule has 0 bridgehead atoms. The Morgan fingerprint density at radius 3 is 2.16 bits per heavy atom. The molecule has 0 heterocycles. The first-order valence-corrected chi connectivity index (χ1v) is 5.81. The molecule has 111 valence electrons. The van der Waals surface area contributed by atoms with Crippen LogP contribution in [0.4, 0.5) is 0 Å². The SMILES string of the molecule is CCC1CCC(C)(C)CC1NC=O.[Cl-].[Cl-].[NH-]C=O.[Ti+3]. The number of hydrogen-bond acceptors (Lipinski definition) is 2. The van der Waals surface area contributed by atoms with Crippen molar-refractivity contribution in [3.05, 3.63) is 5.73 Å². The van der Waals surface area contributed by atoms with Crippen LogP contribution in [0, 0.1) is 11.3 Å². The fourth-order valence-corrected chi connectivity index (χ4v) is 2.41. The third-order valence-corrected chi connectivity index (χ3v) is 3.34. The number of rotatable bonds is 3. The van der Waals surface area contributed by atoms with E-state index in [1.54, 1.807) is 0 Å². The zero-order valence-corrected chi connectivity index (χ0v) is 14.8. The Bertz CT molecular complexity index is 232. The van der Waals surface area contributed by atoms with Gasteiger partial charge >= 0.3 is 21.7 Å². The predicted molar refractivity (Wildman–Crippen MR) is 64.8 cm³/mol. The molecular weight excluding hydrogens is 323 g/mol. The summed E-state index contributed by atoms with van der Waals surface area (Å²) in [5.41, 5.74) is 5.94. The van der Waals surface area contributed by atoms with E-state index in [0.717, 1.165) is 12.8 Å². The zero-order chi connectivity index (χ0) is 12.6. The van der Waals surface area contributed by atoms with Gasteiger partial charge in [-0.2, -0.15) is 0 Å². The summed E-state index contributed by atoms with van der Waals surface area (Å²) < 4.78 is 0. The van der Waals surface area contributed by atoms with Gasteiger partial charge in [0.25, 0.3) is 0 Å². The maximum atomic E-state index is 10.4. The smallest absolute Gasteiger partial charge is 1.00 e. The summed E-state index contributed by atoms with van der Waals surface area (Å²) in [4.78, 5) is 18.9. The first-order chi connectivity index (χ1) is 7.50. The molecule has 0 aromatic heterocycles. The molecule has 2 atom stereocenters. The van der Waals surface area contributed by atoms with E-state index in [9.17, 15) is 4.79 Å². The summed E-state index contributed by atoms with van der Waals surface area (Å²) >= 11 is 0. The average Bonchev–Trinajstić information content (AvgIpc) is 2.18. The van der Waals surface area contributed by atoms with Crippen LogP contribution >= 0.6 is 0 Å². The molecular formula is C12H23Cl2N2O2Ti. The van der Waals surface area contributed by atoms with Crippen molar-refractivity contribution in [2.24, 2.45) is 11.3 Å². The van der Waals surface area contributed by atoms with Gasteiger partial charge in [-0.3, -0.25) is 4.79 Å². The van der Waals surface area contributed by atoms with Crippen molar-refractivity contribution in [1.29, 1.82) is 0 Å². The van der Waals surface area contributed by atoms with Gasteiger partial charge in [0.2, 0.25) is 6.41 Å². The van der Waals surface area contributed by atoms with Crippen LogP contribution in [0.25, 0.3) is 5.73 Å². The minimum atomic E-state index is 0. The minimum absolute atomic E-state index is 0. The maximum Gasteiger partial charge on any atom is 3.00 e. The minimum Gasteiger partial charge on any atom is -1.00 e. The summed E-state index contributed by atoms with van der Waals surface area (Å²) in [5.74, 6) is 0.693. The third-order valence-electron chi connectivity index (χ3n) is 3.34. The van der Waals surface area contributed by atoms with Gasteiger partial charge in [0.15, 0.2) is 0 Å². The second-order valence-electron chi connectivity index (χ2n) is 5.08. The van der Waals surface area contributed by atoms with E-state index in [1.807, 2.05) is 0 Å². The van der Waals surface area contributed by atoms with E-state index < -0.39 is 0 Å². The molecule has 1 aliphatic rings. The molecule has 0 aromatic rings. The number of carbonyl (C=O) groups is 2. The molecule has 0 aromatic carbocycles. The van der Waals surface area contributed by atoms with Crippen molar-refractivity contribution in [2.75, 3.05) is 0 Å². The topological polar surface area (TPSA) is 70.0 Å². The van der Waals surface area contributed by atoms with Crippen LogP contribution in [-0.4, -0.2) is 18.9 Å². The van der Waals surface area contributed by atoms with Gasteiger partial charge in [0, 0.05) is 12.5 Å². The molecule has 2 N–H and O–H groups in total. The van der Waals surface area contributed by atoms with Crippen LogP contribution in [0.1, 0.15) is 46.5 Å². The Hall–Kier alpha value is 0.234. The van der Waals surface area contributed by atoms with E-state index >= 15 is 0 Å². The van der Waals surface area contributed by atoms with Gasteiger partial charge in [-0.1, -0.05) is 27.2 Å². The van der Waals surface area contributed by atoms with Gasteiger partial charge in [-0.15, -0.1) is 0 Å². The molecule has 0 aliphatic heterocycles. The summed E-state index contributed by atoms with van der Waals surface area (Å²) in [7, 11) is 0.